The van der Waals surface area contributed by atoms with Gasteiger partial charge in [0.1, 0.15) is 24.7 Å². The number of ether oxygens (including phenoxy) is 3. The van der Waals surface area contributed by atoms with Gasteiger partial charge in [-0.3, -0.25) is 19.3 Å². The van der Waals surface area contributed by atoms with Gasteiger partial charge < -0.3 is 29.3 Å². The number of benzene rings is 2. The Kier molecular flexibility index (Phi) is 7.69. The predicted octanol–water partition coefficient (Wildman–Crippen LogP) is 1.93. The quantitative estimate of drug-likeness (QED) is 0.623. The van der Waals surface area contributed by atoms with E-state index in [1.54, 1.807) is 24.1 Å². The third-order valence-corrected chi connectivity index (χ3v) is 7.17. The minimum absolute atomic E-state index is 0.0758. The highest BCUT2D eigenvalue weighted by molar-refractivity contribution is 5.96. The summed E-state index contributed by atoms with van der Waals surface area (Å²) in [5, 5.41) is 2.98. The Labute approximate surface area is 226 Å². The molecule has 3 aliphatic rings. The van der Waals surface area contributed by atoms with Gasteiger partial charge in [-0.05, 0) is 48.7 Å². The highest BCUT2D eigenvalue weighted by Gasteiger charge is 2.35. The number of amides is 4. The monoisotopic (exact) mass is 536 g/mol. The van der Waals surface area contributed by atoms with Crippen LogP contribution in [-0.2, 0) is 25.7 Å². The van der Waals surface area contributed by atoms with Crippen LogP contribution in [0, 0.1) is 6.92 Å². The van der Waals surface area contributed by atoms with E-state index in [1.165, 1.54) is 9.80 Å². The Balaban J connectivity index is 1.37. The summed E-state index contributed by atoms with van der Waals surface area (Å²) in [4.78, 5) is 55.3. The zero-order valence-corrected chi connectivity index (χ0v) is 22.1. The van der Waals surface area contributed by atoms with Crippen molar-refractivity contribution in [3.05, 3.63) is 59.2 Å². The number of likely N-dealkylation sites (N-methyl/N-ethyl adjacent to an activating group) is 1. The van der Waals surface area contributed by atoms with E-state index in [1.807, 2.05) is 37.3 Å². The molecule has 39 heavy (non-hydrogen) atoms. The summed E-state index contributed by atoms with van der Waals surface area (Å²) in [7, 11) is 1.56. The first kappa shape index (κ1) is 26.5. The highest BCUT2D eigenvalue weighted by atomic mass is 16.6. The molecule has 0 aromatic heterocycles. The molecule has 0 radical (unpaired) electrons. The molecule has 11 nitrogen and oxygen atoms in total. The molecule has 2 fully saturated rings. The van der Waals surface area contributed by atoms with Gasteiger partial charge in [0, 0.05) is 25.7 Å². The third-order valence-electron chi connectivity index (χ3n) is 7.17. The number of fused-ring (bicyclic) bond motifs is 5. The Morgan fingerprint density at radius 3 is 2.74 bits per heavy atom. The summed E-state index contributed by atoms with van der Waals surface area (Å²) in [5.74, 6) is 0.278. The van der Waals surface area contributed by atoms with E-state index < -0.39 is 12.1 Å². The summed E-state index contributed by atoms with van der Waals surface area (Å²) in [6.07, 6.45) is -0.363. The van der Waals surface area contributed by atoms with E-state index in [2.05, 4.69) is 5.32 Å². The van der Waals surface area contributed by atoms with Gasteiger partial charge in [0.15, 0.2) is 0 Å². The molecule has 3 aliphatic heterocycles. The van der Waals surface area contributed by atoms with Crippen LogP contribution in [0.15, 0.2) is 42.5 Å². The summed E-state index contributed by atoms with van der Waals surface area (Å²) in [6.45, 7) is 3.24. The molecule has 11 heteroatoms. The SMILES string of the molecule is Cc1ccc2cc1Oc1cccc(c1)CO[C@@H]1CCN(C(=O)CN3CCOC3=O)C[C@@H]1NC(=O)CN(C)C2=O. The van der Waals surface area contributed by atoms with Crippen LogP contribution in [-0.4, -0.2) is 97.0 Å². The highest BCUT2D eigenvalue weighted by Crippen LogP contribution is 2.28. The number of carbonyl (C=O) groups is 4. The van der Waals surface area contributed by atoms with Crippen molar-refractivity contribution in [1.29, 1.82) is 0 Å². The van der Waals surface area contributed by atoms with Crippen LogP contribution >= 0.6 is 0 Å². The van der Waals surface area contributed by atoms with Crippen molar-refractivity contribution < 1.29 is 33.4 Å². The largest absolute Gasteiger partial charge is 0.457 e. The number of aryl methyl sites for hydroxylation is 1. The van der Waals surface area contributed by atoms with Gasteiger partial charge in [-0.25, -0.2) is 4.79 Å². The maximum atomic E-state index is 13.1. The van der Waals surface area contributed by atoms with Gasteiger partial charge in [-0.2, -0.15) is 0 Å². The summed E-state index contributed by atoms with van der Waals surface area (Å²) < 4.78 is 17.3. The van der Waals surface area contributed by atoms with Crippen LogP contribution in [0.25, 0.3) is 0 Å². The molecule has 4 amide bonds. The molecule has 0 saturated carbocycles. The first-order valence-corrected chi connectivity index (χ1v) is 13.0. The topological polar surface area (TPSA) is 118 Å². The van der Waals surface area contributed by atoms with Gasteiger partial charge in [0.25, 0.3) is 5.91 Å². The summed E-state index contributed by atoms with van der Waals surface area (Å²) >= 11 is 0. The fraction of sp³-hybridized carbons (Fsp3) is 0.429. The number of hydrogen-bond donors (Lipinski definition) is 1. The number of nitrogens with zero attached hydrogens (tertiary/aromatic N) is 3. The van der Waals surface area contributed by atoms with Crippen LogP contribution in [0.1, 0.15) is 27.9 Å². The van der Waals surface area contributed by atoms with Crippen molar-refractivity contribution >= 4 is 23.8 Å². The predicted molar refractivity (Wildman–Crippen MR) is 139 cm³/mol. The Hall–Kier alpha value is -4.12. The minimum Gasteiger partial charge on any atom is -0.457 e. The summed E-state index contributed by atoms with van der Waals surface area (Å²) in [5.41, 5.74) is 2.17. The molecule has 0 aliphatic carbocycles. The summed E-state index contributed by atoms with van der Waals surface area (Å²) in [6, 6.07) is 12.2. The smallest absolute Gasteiger partial charge is 0.410 e. The lowest BCUT2D eigenvalue weighted by Crippen LogP contribution is -2.59. The van der Waals surface area contributed by atoms with E-state index in [0.29, 0.717) is 43.2 Å². The zero-order chi connectivity index (χ0) is 27.5. The molecular formula is C28H32N4O7. The molecule has 1 N–H and O–H groups in total. The van der Waals surface area contributed by atoms with E-state index in [4.69, 9.17) is 14.2 Å². The van der Waals surface area contributed by atoms with Crippen molar-refractivity contribution in [3.63, 3.8) is 0 Å². The lowest BCUT2D eigenvalue weighted by Gasteiger charge is -2.39. The van der Waals surface area contributed by atoms with E-state index in [0.717, 1.165) is 11.1 Å². The third kappa shape index (κ3) is 6.14. The van der Waals surface area contributed by atoms with Crippen LogP contribution in [0.4, 0.5) is 4.79 Å². The number of rotatable bonds is 2. The van der Waals surface area contributed by atoms with Crippen molar-refractivity contribution in [3.8, 4) is 11.5 Å². The lowest BCUT2D eigenvalue weighted by molar-refractivity contribution is -0.137. The van der Waals surface area contributed by atoms with Crippen LogP contribution in [0.3, 0.4) is 0 Å². The Morgan fingerprint density at radius 2 is 1.95 bits per heavy atom. The Bertz CT molecular complexity index is 1280. The average molecular weight is 537 g/mol. The van der Waals surface area contributed by atoms with Gasteiger partial charge in [-0.15, -0.1) is 0 Å². The molecular weight excluding hydrogens is 504 g/mol. The van der Waals surface area contributed by atoms with Crippen LogP contribution < -0.4 is 10.1 Å². The molecule has 0 unspecified atom stereocenters. The van der Waals surface area contributed by atoms with Crippen molar-refractivity contribution in [2.75, 3.05) is 46.4 Å². The first-order valence-electron chi connectivity index (χ1n) is 13.0. The average Bonchev–Trinajstić information content (AvgIpc) is 3.32. The minimum atomic E-state index is -0.501. The number of carbonyl (C=O) groups excluding carboxylic acids is 4. The van der Waals surface area contributed by atoms with E-state index >= 15 is 0 Å². The van der Waals surface area contributed by atoms with Crippen LogP contribution in [0.5, 0.6) is 11.5 Å². The molecule has 2 aromatic carbocycles. The fourth-order valence-electron chi connectivity index (χ4n) is 4.96. The second-order valence-electron chi connectivity index (χ2n) is 10.1. The fourth-order valence-corrected chi connectivity index (χ4v) is 4.96. The van der Waals surface area contributed by atoms with Crippen LogP contribution in [0.2, 0.25) is 0 Å². The van der Waals surface area contributed by atoms with Gasteiger partial charge in [0.05, 0.1) is 31.8 Å². The number of hydrogen-bond acceptors (Lipinski definition) is 7. The number of likely N-dealkylation sites (tertiary alicyclic amines) is 1. The van der Waals surface area contributed by atoms with Crippen molar-refractivity contribution in [2.24, 2.45) is 0 Å². The molecule has 4 bridgehead atoms. The maximum absolute atomic E-state index is 13.1. The Morgan fingerprint density at radius 1 is 1.10 bits per heavy atom. The second kappa shape index (κ2) is 11.3. The normalized spacial score (nSPS) is 22.1. The van der Waals surface area contributed by atoms with Crippen molar-refractivity contribution in [1.82, 2.24) is 20.0 Å². The molecule has 5 rings (SSSR count). The molecule has 3 heterocycles. The molecule has 2 atom stereocenters. The maximum Gasteiger partial charge on any atom is 0.410 e. The standard InChI is InChI=1S/C28H32N4O7/c1-18-6-7-20-13-24(18)39-21-5-3-4-19(12-21)17-38-23-8-9-31(26(34)16-32-10-11-37-28(32)36)14-22(23)29-25(33)15-30(2)27(20)35/h3-7,12-13,22-23H,8-11,14-17H2,1-2H3,(H,29,33)/t22-,23+/m0/s1. The van der Waals surface area contributed by atoms with Gasteiger partial charge in [0.2, 0.25) is 11.8 Å². The van der Waals surface area contributed by atoms with Crippen molar-refractivity contribution in [2.45, 2.75) is 32.1 Å². The number of piperidine rings is 1. The van der Waals surface area contributed by atoms with E-state index in [9.17, 15) is 19.2 Å². The molecule has 2 aromatic rings. The molecule has 2 saturated heterocycles. The lowest BCUT2D eigenvalue weighted by atomic mass is 10.0. The number of nitrogens with one attached hydrogen (secondary N) is 1. The number of cyclic esters (lactones) is 1. The first-order chi connectivity index (χ1) is 18.8. The zero-order valence-electron chi connectivity index (χ0n) is 22.1. The molecule has 206 valence electrons. The second-order valence-corrected chi connectivity index (χ2v) is 10.1. The van der Waals surface area contributed by atoms with Gasteiger partial charge >= 0.3 is 6.09 Å². The van der Waals surface area contributed by atoms with Gasteiger partial charge in [-0.1, -0.05) is 18.2 Å². The van der Waals surface area contributed by atoms with E-state index in [-0.39, 0.29) is 50.1 Å². The molecule has 0 spiro atoms.